The lowest BCUT2D eigenvalue weighted by molar-refractivity contribution is 0.109. The summed E-state index contributed by atoms with van der Waals surface area (Å²) in [6, 6.07) is 3.45. The smallest absolute Gasteiger partial charge is 0.409 e. The van der Waals surface area contributed by atoms with E-state index in [1.807, 2.05) is 0 Å². The number of aryl methyl sites for hydroxylation is 2. The maximum Gasteiger partial charge on any atom is 0.409 e. The van der Waals surface area contributed by atoms with Gasteiger partial charge in [-0.15, -0.1) is 0 Å². The Hall–Kier alpha value is -1.80. The second-order valence-electron chi connectivity index (χ2n) is 6.03. The Morgan fingerprint density at radius 3 is 2.32 bits per heavy atom. The van der Waals surface area contributed by atoms with Gasteiger partial charge in [-0.2, -0.15) is 4.31 Å². The third kappa shape index (κ3) is 4.24. The fraction of sp³-hybridized carbons (Fsp3) is 0.588. The van der Waals surface area contributed by atoms with Crippen LogP contribution in [0.5, 0.6) is 5.75 Å². The molecule has 0 aromatic heterocycles. The van der Waals surface area contributed by atoms with E-state index >= 15 is 0 Å². The molecule has 0 aliphatic carbocycles. The zero-order chi connectivity index (χ0) is 18.6. The van der Waals surface area contributed by atoms with Crippen molar-refractivity contribution in [1.82, 2.24) is 9.21 Å². The molecule has 1 heterocycles. The number of carbonyl (C=O) groups excluding carboxylic acids is 1. The molecule has 8 heteroatoms. The lowest BCUT2D eigenvalue weighted by Gasteiger charge is -2.23. The second kappa shape index (κ2) is 8.05. The number of ether oxygens (including phenoxy) is 2. The molecule has 1 saturated heterocycles. The molecule has 7 nitrogen and oxygen atoms in total. The van der Waals surface area contributed by atoms with Gasteiger partial charge in [0.1, 0.15) is 5.75 Å². The van der Waals surface area contributed by atoms with Crippen molar-refractivity contribution in [2.75, 3.05) is 39.9 Å². The highest BCUT2D eigenvalue weighted by atomic mass is 32.2. The molecular weight excluding hydrogens is 344 g/mol. The van der Waals surface area contributed by atoms with Crippen LogP contribution in [0.1, 0.15) is 24.5 Å². The largest absolute Gasteiger partial charge is 0.497 e. The molecule has 0 saturated carbocycles. The lowest BCUT2D eigenvalue weighted by Crippen LogP contribution is -2.38. The zero-order valence-corrected chi connectivity index (χ0v) is 16.1. The van der Waals surface area contributed by atoms with Crippen LogP contribution in [0.4, 0.5) is 4.79 Å². The first kappa shape index (κ1) is 19.5. The number of methoxy groups -OCH3 is 1. The van der Waals surface area contributed by atoms with Gasteiger partial charge in [-0.05, 0) is 50.5 Å². The van der Waals surface area contributed by atoms with Crippen LogP contribution < -0.4 is 4.74 Å². The molecule has 0 bridgehead atoms. The number of hydrogen-bond donors (Lipinski definition) is 0. The standard InChI is InChI=1S/C17H26N2O5S/c1-5-24-17(20)18-7-6-8-19(10-9-18)25(21,22)16-13(2)11-15(23-4)12-14(16)3/h11-12H,5-10H2,1-4H3. The highest BCUT2D eigenvalue weighted by Gasteiger charge is 2.31. The highest BCUT2D eigenvalue weighted by molar-refractivity contribution is 7.89. The van der Waals surface area contributed by atoms with Gasteiger partial charge in [0.25, 0.3) is 0 Å². The summed E-state index contributed by atoms with van der Waals surface area (Å²) < 4.78 is 37.9. The van der Waals surface area contributed by atoms with E-state index in [4.69, 9.17) is 9.47 Å². The van der Waals surface area contributed by atoms with Crippen LogP contribution in [-0.4, -0.2) is 63.6 Å². The van der Waals surface area contributed by atoms with Crippen LogP contribution in [0.3, 0.4) is 0 Å². The molecule has 0 spiro atoms. The minimum absolute atomic E-state index is 0.256. The Kier molecular flexibility index (Phi) is 6.29. The molecule has 0 unspecified atom stereocenters. The van der Waals surface area contributed by atoms with Gasteiger partial charge in [0.2, 0.25) is 10.0 Å². The van der Waals surface area contributed by atoms with Crippen LogP contribution in [0.25, 0.3) is 0 Å². The average Bonchev–Trinajstić information content (AvgIpc) is 2.80. The second-order valence-corrected chi connectivity index (χ2v) is 7.91. The maximum absolute atomic E-state index is 13.1. The van der Waals surface area contributed by atoms with E-state index in [-0.39, 0.29) is 6.54 Å². The van der Waals surface area contributed by atoms with Crippen LogP contribution in [0, 0.1) is 13.8 Å². The molecule has 1 aliphatic rings. The van der Waals surface area contributed by atoms with Gasteiger partial charge in [0, 0.05) is 26.2 Å². The van der Waals surface area contributed by atoms with Crippen molar-refractivity contribution in [3.63, 3.8) is 0 Å². The Bertz CT molecular complexity index is 710. The Labute approximate surface area is 149 Å². The average molecular weight is 370 g/mol. The summed E-state index contributed by atoms with van der Waals surface area (Å²) >= 11 is 0. The SMILES string of the molecule is CCOC(=O)N1CCCN(S(=O)(=O)c2c(C)cc(OC)cc2C)CC1. The molecule has 1 amide bonds. The Morgan fingerprint density at radius 2 is 1.76 bits per heavy atom. The number of hydrogen-bond acceptors (Lipinski definition) is 5. The van der Waals surface area contributed by atoms with Gasteiger partial charge >= 0.3 is 6.09 Å². The number of amides is 1. The van der Waals surface area contributed by atoms with Gasteiger partial charge < -0.3 is 14.4 Å². The summed E-state index contributed by atoms with van der Waals surface area (Å²) in [5, 5.41) is 0. The fourth-order valence-corrected chi connectivity index (χ4v) is 4.98. The van der Waals surface area contributed by atoms with E-state index < -0.39 is 16.1 Å². The number of carbonyl (C=O) groups is 1. The van der Waals surface area contributed by atoms with Crippen molar-refractivity contribution >= 4 is 16.1 Å². The monoisotopic (exact) mass is 370 g/mol. The molecule has 1 aliphatic heterocycles. The van der Waals surface area contributed by atoms with Crippen molar-refractivity contribution in [2.45, 2.75) is 32.1 Å². The van der Waals surface area contributed by atoms with E-state index in [9.17, 15) is 13.2 Å². The number of benzene rings is 1. The Morgan fingerprint density at radius 1 is 1.12 bits per heavy atom. The van der Waals surface area contributed by atoms with Crippen LogP contribution in [0.2, 0.25) is 0 Å². The maximum atomic E-state index is 13.1. The molecule has 0 N–H and O–H groups in total. The molecule has 1 aromatic rings. The van der Waals surface area contributed by atoms with E-state index in [0.29, 0.717) is 54.4 Å². The number of sulfonamides is 1. The van der Waals surface area contributed by atoms with Crippen molar-refractivity contribution < 1.29 is 22.7 Å². The predicted octanol–water partition coefficient (Wildman–Crippen LogP) is 2.16. The summed E-state index contributed by atoms with van der Waals surface area (Å²) in [5.41, 5.74) is 1.31. The van der Waals surface area contributed by atoms with Crippen molar-refractivity contribution in [1.29, 1.82) is 0 Å². The van der Waals surface area contributed by atoms with Gasteiger partial charge in [-0.3, -0.25) is 0 Å². The summed E-state index contributed by atoms with van der Waals surface area (Å²) in [7, 11) is -2.08. The van der Waals surface area contributed by atoms with Gasteiger partial charge in [-0.25, -0.2) is 13.2 Å². The Balaban J connectivity index is 2.25. The first-order valence-corrected chi connectivity index (χ1v) is 9.82. The zero-order valence-electron chi connectivity index (χ0n) is 15.2. The molecular formula is C17H26N2O5S. The van der Waals surface area contributed by atoms with Gasteiger partial charge in [-0.1, -0.05) is 0 Å². The number of nitrogens with zero attached hydrogens (tertiary/aromatic N) is 2. The van der Waals surface area contributed by atoms with Crippen molar-refractivity contribution in [3.8, 4) is 5.75 Å². The first-order chi connectivity index (χ1) is 11.8. The van der Waals surface area contributed by atoms with E-state index in [0.717, 1.165) is 0 Å². The minimum Gasteiger partial charge on any atom is -0.497 e. The topological polar surface area (TPSA) is 76.2 Å². The fourth-order valence-electron chi connectivity index (χ4n) is 3.10. The molecule has 0 radical (unpaired) electrons. The van der Waals surface area contributed by atoms with Crippen molar-refractivity contribution in [3.05, 3.63) is 23.3 Å². The number of rotatable bonds is 4. The van der Waals surface area contributed by atoms with E-state index in [1.54, 1.807) is 44.9 Å². The van der Waals surface area contributed by atoms with Crippen molar-refractivity contribution in [2.24, 2.45) is 0 Å². The van der Waals surface area contributed by atoms with E-state index in [1.165, 1.54) is 4.31 Å². The minimum atomic E-state index is -3.63. The third-order valence-electron chi connectivity index (χ3n) is 4.25. The molecule has 0 atom stereocenters. The third-order valence-corrected chi connectivity index (χ3v) is 6.45. The molecule has 140 valence electrons. The summed E-state index contributed by atoms with van der Waals surface area (Å²) in [5.74, 6) is 0.637. The van der Waals surface area contributed by atoms with Gasteiger partial charge in [0.05, 0.1) is 18.6 Å². The van der Waals surface area contributed by atoms with Gasteiger partial charge in [0.15, 0.2) is 0 Å². The summed E-state index contributed by atoms with van der Waals surface area (Å²) in [4.78, 5) is 13.8. The van der Waals surface area contributed by atoms with Crippen LogP contribution in [-0.2, 0) is 14.8 Å². The molecule has 1 aromatic carbocycles. The van der Waals surface area contributed by atoms with Crippen LogP contribution >= 0.6 is 0 Å². The van der Waals surface area contributed by atoms with Crippen LogP contribution in [0.15, 0.2) is 17.0 Å². The summed E-state index contributed by atoms with van der Waals surface area (Å²) in [6.45, 7) is 7.05. The lowest BCUT2D eigenvalue weighted by atomic mass is 10.1. The quantitative estimate of drug-likeness (QED) is 0.812. The summed E-state index contributed by atoms with van der Waals surface area (Å²) in [6.07, 6.45) is 0.185. The molecule has 25 heavy (non-hydrogen) atoms. The predicted molar refractivity (Wildman–Crippen MR) is 94.4 cm³/mol. The molecule has 1 fully saturated rings. The highest BCUT2D eigenvalue weighted by Crippen LogP contribution is 2.28. The molecule has 2 rings (SSSR count). The first-order valence-electron chi connectivity index (χ1n) is 8.38. The normalized spacial score (nSPS) is 16.4. The van der Waals surface area contributed by atoms with E-state index in [2.05, 4.69) is 0 Å².